The number of carboxylic acids is 2. The molecule has 0 unspecified atom stereocenters. The van der Waals surface area contributed by atoms with Gasteiger partial charge in [0.2, 0.25) is 0 Å². The Morgan fingerprint density at radius 3 is 2.64 bits per heavy atom. The number of hydrogen-bond acceptors (Lipinski definition) is 7. The van der Waals surface area contributed by atoms with Crippen molar-refractivity contribution in [3.05, 3.63) is 44.9 Å². The lowest BCUT2D eigenvalue weighted by molar-refractivity contribution is -0.159. The summed E-state index contributed by atoms with van der Waals surface area (Å²) >= 11 is 13.5. The number of carbonyl (C=O) groups is 2. The van der Waals surface area contributed by atoms with E-state index in [4.69, 9.17) is 48.3 Å². The minimum atomic E-state index is -1.82. The van der Waals surface area contributed by atoms with Crippen molar-refractivity contribution in [1.29, 1.82) is 5.26 Å². The molecule has 2 aromatic rings. The van der Waals surface area contributed by atoms with Crippen LogP contribution in [0.1, 0.15) is 16.9 Å². The SMILES string of the molecule is N#Cc1cnc(N2CC[C@H](NCc3ccc(Cl)cc3Cl)C2)s1.O=C(O)C(=O)O. The Kier molecular flexibility index (Phi) is 8.02. The van der Waals surface area contributed by atoms with Gasteiger partial charge in [-0.25, -0.2) is 14.6 Å². The Balaban J connectivity index is 0.000000409. The number of rotatable bonds is 4. The summed E-state index contributed by atoms with van der Waals surface area (Å²) in [7, 11) is 0. The Labute approximate surface area is 174 Å². The van der Waals surface area contributed by atoms with Crippen LogP contribution in [0.4, 0.5) is 5.13 Å². The maximum absolute atomic E-state index is 9.10. The maximum atomic E-state index is 9.10. The van der Waals surface area contributed by atoms with Gasteiger partial charge in [-0.15, -0.1) is 0 Å². The van der Waals surface area contributed by atoms with Gasteiger partial charge in [0, 0.05) is 35.7 Å². The average molecular weight is 443 g/mol. The van der Waals surface area contributed by atoms with Gasteiger partial charge in [0.25, 0.3) is 0 Å². The molecule has 0 radical (unpaired) electrons. The zero-order valence-electron chi connectivity index (χ0n) is 14.4. The van der Waals surface area contributed by atoms with Gasteiger partial charge in [-0.1, -0.05) is 40.6 Å². The van der Waals surface area contributed by atoms with Crippen molar-refractivity contribution >= 4 is 51.6 Å². The first-order chi connectivity index (χ1) is 13.3. The van der Waals surface area contributed by atoms with Crippen LogP contribution in [0.2, 0.25) is 10.0 Å². The number of nitrogens with zero attached hydrogens (tertiary/aromatic N) is 3. The number of aliphatic carboxylic acids is 2. The predicted molar refractivity (Wildman–Crippen MR) is 106 cm³/mol. The second-order valence-electron chi connectivity index (χ2n) is 5.78. The topological polar surface area (TPSA) is 127 Å². The van der Waals surface area contributed by atoms with Crippen LogP contribution in [0.5, 0.6) is 0 Å². The fourth-order valence-corrected chi connectivity index (χ4v) is 3.71. The Bertz CT molecular complexity index is 888. The molecule has 1 aromatic heterocycles. The van der Waals surface area contributed by atoms with E-state index in [-0.39, 0.29) is 0 Å². The largest absolute Gasteiger partial charge is 0.473 e. The van der Waals surface area contributed by atoms with E-state index in [1.807, 2.05) is 12.1 Å². The van der Waals surface area contributed by atoms with E-state index in [2.05, 4.69) is 21.3 Å². The molecule has 0 aliphatic carbocycles. The number of thiazole rings is 1. The molecule has 8 nitrogen and oxygen atoms in total. The molecular weight excluding hydrogens is 427 g/mol. The van der Waals surface area contributed by atoms with Gasteiger partial charge in [0.15, 0.2) is 5.13 Å². The zero-order valence-corrected chi connectivity index (χ0v) is 16.8. The van der Waals surface area contributed by atoms with Crippen LogP contribution in [0.3, 0.4) is 0 Å². The molecule has 1 atom stereocenters. The van der Waals surface area contributed by atoms with Crippen LogP contribution in [-0.4, -0.2) is 46.3 Å². The number of nitrogens with one attached hydrogen (secondary N) is 1. The molecule has 1 aliphatic heterocycles. The van der Waals surface area contributed by atoms with Gasteiger partial charge >= 0.3 is 11.9 Å². The second-order valence-corrected chi connectivity index (χ2v) is 7.63. The first-order valence-electron chi connectivity index (χ1n) is 8.04. The summed E-state index contributed by atoms with van der Waals surface area (Å²) in [5, 5.41) is 29.4. The molecule has 148 valence electrons. The van der Waals surface area contributed by atoms with Crippen LogP contribution in [-0.2, 0) is 16.1 Å². The van der Waals surface area contributed by atoms with Crippen molar-refractivity contribution in [2.45, 2.75) is 19.0 Å². The number of aromatic nitrogens is 1. The van der Waals surface area contributed by atoms with E-state index >= 15 is 0 Å². The molecule has 3 N–H and O–H groups in total. The number of carboxylic acid groups (broad SMARTS) is 2. The molecule has 1 saturated heterocycles. The van der Waals surface area contributed by atoms with E-state index in [0.29, 0.717) is 21.0 Å². The van der Waals surface area contributed by atoms with Crippen molar-refractivity contribution in [3.8, 4) is 6.07 Å². The van der Waals surface area contributed by atoms with E-state index in [9.17, 15) is 0 Å². The fourth-order valence-electron chi connectivity index (χ4n) is 2.48. The first kappa shape index (κ1) is 21.9. The number of nitriles is 1. The standard InChI is InChI=1S/C15H14Cl2N4S.C2H2O4/c16-11-2-1-10(14(17)5-11)7-19-12-3-4-21(9-12)15-20-8-13(6-18)22-15;3-1(4)2(5)6/h1-2,5,8,12,19H,3-4,7,9H2;(H,3,4)(H,5,6)/t12-;/m0./s1. The third-order valence-corrected chi connectivity index (χ3v) is 5.39. The lowest BCUT2D eigenvalue weighted by Crippen LogP contribution is -2.32. The van der Waals surface area contributed by atoms with Gasteiger partial charge in [0.1, 0.15) is 10.9 Å². The molecule has 11 heteroatoms. The minimum absolute atomic E-state index is 0.390. The van der Waals surface area contributed by atoms with Crippen LogP contribution < -0.4 is 10.2 Å². The van der Waals surface area contributed by atoms with Crippen molar-refractivity contribution in [2.75, 3.05) is 18.0 Å². The summed E-state index contributed by atoms with van der Waals surface area (Å²) in [5.74, 6) is -3.65. The third-order valence-electron chi connectivity index (χ3n) is 3.84. The summed E-state index contributed by atoms with van der Waals surface area (Å²) in [6, 6.07) is 8.08. The van der Waals surface area contributed by atoms with Crippen molar-refractivity contribution < 1.29 is 19.8 Å². The lowest BCUT2D eigenvalue weighted by atomic mass is 10.2. The quantitative estimate of drug-likeness (QED) is 0.616. The normalized spacial score (nSPS) is 15.5. The van der Waals surface area contributed by atoms with Gasteiger partial charge in [-0.3, -0.25) is 0 Å². The van der Waals surface area contributed by atoms with E-state index in [1.165, 1.54) is 11.3 Å². The van der Waals surface area contributed by atoms with E-state index in [1.54, 1.807) is 12.3 Å². The molecule has 1 fully saturated rings. The second kappa shape index (κ2) is 10.2. The summed E-state index contributed by atoms with van der Waals surface area (Å²) in [6.45, 7) is 2.56. The summed E-state index contributed by atoms with van der Waals surface area (Å²) in [4.78, 5) is 25.4. The van der Waals surface area contributed by atoms with Crippen molar-refractivity contribution in [3.63, 3.8) is 0 Å². The van der Waals surface area contributed by atoms with Gasteiger partial charge < -0.3 is 20.4 Å². The Morgan fingerprint density at radius 1 is 1.36 bits per heavy atom. The molecule has 0 bridgehead atoms. The smallest absolute Gasteiger partial charge is 0.414 e. The third kappa shape index (κ3) is 6.35. The summed E-state index contributed by atoms with van der Waals surface area (Å²) in [5.41, 5.74) is 1.05. The molecule has 2 heterocycles. The Morgan fingerprint density at radius 2 is 2.07 bits per heavy atom. The predicted octanol–water partition coefficient (Wildman–Crippen LogP) is 2.85. The summed E-state index contributed by atoms with van der Waals surface area (Å²) < 4.78 is 0. The van der Waals surface area contributed by atoms with Gasteiger partial charge in [0.05, 0.1) is 6.20 Å². The Hall–Kier alpha value is -2.38. The molecule has 28 heavy (non-hydrogen) atoms. The number of hydrogen-bond donors (Lipinski definition) is 3. The van der Waals surface area contributed by atoms with Crippen molar-refractivity contribution in [2.24, 2.45) is 0 Å². The van der Waals surface area contributed by atoms with E-state index < -0.39 is 11.9 Å². The molecule has 1 aliphatic rings. The van der Waals surface area contributed by atoms with Crippen LogP contribution >= 0.6 is 34.5 Å². The maximum Gasteiger partial charge on any atom is 0.414 e. The zero-order chi connectivity index (χ0) is 20.7. The highest BCUT2D eigenvalue weighted by atomic mass is 35.5. The van der Waals surface area contributed by atoms with Gasteiger partial charge in [-0.05, 0) is 24.1 Å². The fraction of sp³-hybridized carbons (Fsp3) is 0.294. The average Bonchev–Trinajstić information content (AvgIpc) is 3.30. The van der Waals surface area contributed by atoms with Crippen LogP contribution in [0.25, 0.3) is 0 Å². The van der Waals surface area contributed by atoms with E-state index in [0.717, 1.165) is 36.8 Å². The molecular formula is C17H16Cl2N4O4S. The highest BCUT2D eigenvalue weighted by molar-refractivity contribution is 7.16. The lowest BCUT2D eigenvalue weighted by Gasteiger charge is -2.16. The number of benzene rings is 1. The molecule has 0 spiro atoms. The molecule has 1 aromatic carbocycles. The molecule has 0 saturated carbocycles. The van der Waals surface area contributed by atoms with Crippen molar-refractivity contribution in [1.82, 2.24) is 10.3 Å². The van der Waals surface area contributed by atoms with Crippen LogP contribution in [0, 0.1) is 11.3 Å². The highest BCUT2D eigenvalue weighted by Crippen LogP contribution is 2.26. The first-order valence-corrected chi connectivity index (χ1v) is 9.61. The monoisotopic (exact) mass is 442 g/mol. The summed E-state index contributed by atoms with van der Waals surface area (Å²) in [6.07, 6.45) is 2.68. The number of halogens is 2. The minimum Gasteiger partial charge on any atom is -0.473 e. The highest BCUT2D eigenvalue weighted by Gasteiger charge is 2.24. The number of anilines is 1. The molecule has 0 amide bonds. The molecule has 3 rings (SSSR count). The van der Waals surface area contributed by atoms with Crippen LogP contribution in [0.15, 0.2) is 24.4 Å². The van der Waals surface area contributed by atoms with Gasteiger partial charge in [-0.2, -0.15) is 5.26 Å².